The number of carbonyl (C=O) groups is 1. The highest BCUT2D eigenvalue weighted by Crippen LogP contribution is 2.16. The molecule has 4 heteroatoms. The fourth-order valence-corrected chi connectivity index (χ4v) is 2.40. The highest BCUT2D eigenvalue weighted by Gasteiger charge is 2.19. The van der Waals surface area contributed by atoms with Crippen molar-refractivity contribution in [2.75, 3.05) is 20.1 Å². The van der Waals surface area contributed by atoms with E-state index >= 15 is 0 Å². The Morgan fingerprint density at radius 3 is 2.70 bits per heavy atom. The van der Waals surface area contributed by atoms with E-state index in [9.17, 15) is 4.79 Å². The number of piperidine rings is 1. The van der Waals surface area contributed by atoms with Crippen molar-refractivity contribution in [2.45, 2.75) is 38.8 Å². The third-order valence-electron chi connectivity index (χ3n) is 3.52. The molecule has 1 aliphatic rings. The first kappa shape index (κ1) is 14.9. The maximum absolute atomic E-state index is 12.3. The van der Waals surface area contributed by atoms with Crippen LogP contribution in [-0.2, 0) is 0 Å². The minimum absolute atomic E-state index is 0.00578. The summed E-state index contributed by atoms with van der Waals surface area (Å²) in [6.07, 6.45) is 2.15. The summed E-state index contributed by atoms with van der Waals surface area (Å²) >= 11 is 0. The zero-order valence-corrected chi connectivity index (χ0v) is 12.6. The normalized spacial score (nSPS) is 17.2. The topological polar surface area (TPSA) is 41.6 Å². The second-order valence-corrected chi connectivity index (χ2v) is 5.75. The Bertz CT molecular complexity index is 452. The molecule has 110 valence electrons. The number of hydrogen-bond acceptors (Lipinski definition) is 3. The molecular formula is C16H24N2O2. The van der Waals surface area contributed by atoms with E-state index in [2.05, 4.69) is 17.3 Å². The molecule has 1 saturated heterocycles. The molecule has 1 heterocycles. The van der Waals surface area contributed by atoms with Gasteiger partial charge in [0, 0.05) is 11.6 Å². The van der Waals surface area contributed by atoms with Crippen LogP contribution in [-0.4, -0.2) is 43.1 Å². The molecular weight excluding hydrogens is 252 g/mol. The molecule has 0 spiro atoms. The predicted molar refractivity (Wildman–Crippen MR) is 80.2 cm³/mol. The van der Waals surface area contributed by atoms with Gasteiger partial charge in [-0.2, -0.15) is 0 Å². The van der Waals surface area contributed by atoms with E-state index in [4.69, 9.17) is 4.74 Å². The SMILES string of the molecule is CC(C)Oc1cccc(C(=O)NC2CCN(C)CC2)c1. The van der Waals surface area contributed by atoms with E-state index in [-0.39, 0.29) is 18.1 Å². The molecule has 4 nitrogen and oxygen atoms in total. The number of hydrogen-bond donors (Lipinski definition) is 1. The lowest BCUT2D eigenvalue weighted by atomic mass is 10.0. The van der Waals surface area contributed by atoms with Crippen LogP contribution in [0.3, 0.4) is 0 Å². The molecule has 1 aromatic rings. The lowest BCUT2D eigenvalue weighted by Crippen LogP contribution is -2.43. The van der Waals surface area contributed by atoms with Gasteiger partial charge in [-0.05, 0) is 65.0 Å². The quantitative estimate of drug-likeness (QED) is 0.917. The molecule has 0 aliphatic carbocycles. The van der Waals surface area contributed by atoms with Crippen molar-refractivity contribution >= 4 is 5.91 Å². The summed E-state index contributed by atoms with van der Waals surface area (Å²) in [6, 6.07) is 7.67. The highest BCUT2D eigenvalue weighted by atomic mass is 16.5. The zero-order chi connectivity index (χ0) is 14.5. The van der Waals surface area contributed by atoms with Gasteiger partial charge < -0.3 is 15.0 Å². The molecule has 1 aromatic carbocycles. The van der Waals surface area contributed by atoms with Gasteiger partial charge in [-0.25, -0.2) is 0 Å². The first-order valence-corrected chi connectivity index (χ1v) is 7.30. The number of nitrogens with one attached hydrogen (secondary N) is 1. The average Bonchev–Trinajstić information content (AvgIpc) is 2.41. The minimum Gasteiger partial charge on any atom is -0.491 e. The van der Waals surface area contributed by atoms with E-state index in [0.29, 0.717) is 5.56 Å². The molecule has 1 fully saturated rings. The van der Waals surface area contributed by atoms with Crippen molar-refractivity contribution in [3.05, 3.63) is 29.8 Å². The molecule has 0 unspecified atom stereocenters. The molecule has 20 heavy (non-hydrogen) atoms. The monoisotopic (exact) mass is 276 g/mol. The number of benzene rings is 1. The van der Waals surface area contributed by atoms with Crippen LogP contribution < -0.4 is 10.1 Å². The van der Waals surface area contributed by atoms with Gasteiger partial charge in [-0.3, -0.25) is 4.79 Å². The molecule has 1 aliphatic heterocycles. The Balaban J connectivity index is 1.95. The van der Waals surface area contributed by atoms with Crippen molar-refractivity contribution in [3.8, 4) is 5.75 Å². The second-order valence-electron chi connectivity index (χ2n) is 5.75. The van der Waals surface area contributed by atoms with E-state index < -0.39 is 0 Å². The largest absolute Gasteiger partial charge is 0.491 e. The van der Waals surface area contributed by atoms with Gasteiger partial charge in [0.2, 0.25) is 0 Å². The van der Waals surface area contributed by atoms with Gasteiger partial charge >= 0.3 is 0 Å². The van der Waals surface area contributed by atoms with Crippen LogP contribution in [0.5, 0.6) is 5.75 Å². The van der Waals surface area contributed by atoms with Crippen molar-refractivity contribution in [1.82, 2.24) is 10.2 Å². The number of amides is 1. The molecule has 2 rings (SSSR count). The third-order valence-corrected chi connectivity index (χ3v) is 3.52. The summed E-state index contributed by atoms with van der Waals surface area (Å²) in [5.74, 6) is 0.741. The third kappa shape index (κ3) is 4.23. The molecule has 0 aromatic heterocycles. The Kier molecular flexibility index (Phi) is 5.01. The Hall–Kier alpha value is -1.55. The van der Waals surface area contributed by atoms with Crippen LogP contribution in [0.15, 0.2) is 24.3 Å². The lowest BCUT2D eigenvalue weighted by molar-refractivity contribution is 0.0916. The number of rotatable bonds is 4. The summed E-state index contributed by atoms with van der Waals surface area (Å²) in [4.78, 5) is 14.5. The summed E-state index contributed by atoms with van der Waals surface area (Å²) in [5.41, 5.74) is 0.669. The van der Waals surface area contributed by atoms with Gasteiger partial charge in [0.15, 0.2) is 0 Å². The smallest absolute Gasteiger partial charge is 0.251 e. The second kappa shape index (κ2) is 6.75. The minimum atomic E-state index is -0.00578. The van der Waals surface area contributed by atoms with Crippen LogP contribution in [0.4, 0.5) is 0 Å². The number of nitrogens with zero attached hydrogens (tertiary/aromatic N) is 1. The summed E-state index contributed by atoms with van der Waals surface area (Å²) in [6.45, 7) is 6.04. The standard InChI is InChI=1S/C16H24N2O2/c1-12(2)20-15-6-4-5-13(11-15)16(19)17-14-7-9-18(3)10-8-14/h4-6,11-12,14H,7-10H2,1-3H3,(H,17,19). The first-order chi connectivity index (χ1) is 9.54. The average molecular weight is 276 g/mol. The van der Waals surface area contributed by atoms with E-state index in [1.54, 1.807) is 0 Å². The Morgan fingerprint density at radius 1 is 1.35 bits per heavy atom. The first-order valence-electron chi connectivity index (χ1n) is 7.30. The van der Waals surface area contributed by atoms with Crippen molar-refractivity contribution in [3.63, 3.8) is 0 Å². The van der Waals surface area contributed by atoms with Gasteiger partial charge in [0.25, 0.3) is 5.91 Å². The molecule has 1 N–H and O–H groups in total. The molecule has 0 saturated carbocycles. The van der Waals surface area contributed by atoms with Crippen molar-refractivity contribution in [2.24, 2.45) is 0 Å². The number of likely N-dealkylation sites (tertiary alicyclic amines) is 1. The molecule has 1 amide bonds. The summed E-state index contributed by atoms with van der Waals surface area (Å²) in [5, 5.41) is 3.12. The Morgan fingerprint density at radius 2 is 2.05 bits per heavy atom. The Labute approximate surface area is 121 Å². The van der Waals surface area contributed by atoms with E-state index in [1.807, 2.05) is 38.1 Å². The number of carbonyl (C=O) groups excluding carboxylic acids is 1. The van der Waals surface area contributed by atoms with Crippen LogP contribution in [0, 0.1) is 0 Å². The fraction of sp³-hybridized carbons (Fsp3) is 0.562. The maximum Gasteiger partial charge on any atom is 0.251 e. The zero-order valence-electron chi connectivity index (χ0n) is 12.6. The number of ether oxygens (including phenoxy) is 1. The van der Waals surface area contributed by atoms with Crippen LogP contribution in [0.25, 0.3) is 0 Å². The maximum atomic E-state index is 12.3. The molecule has 0 atom stereocenters. The highest BCUT2D eigenvalue weighted by molar-refractivity contribution is 5.94. The van der Waals surface area contributed by atoms with Gasteiger partial charge in [0.05, 0.1) is 6.10 Å². The van der Waals surface area contributed by atoms with Gasteiger partial charge in [0.1, 0.15) is 5.75 Å². The van der Waals surface area contributed by atoms with Crippen molar-refractivity contribution in [1.29, 1.82) is 0 Å². The molecule has 0 radical (unpaired) electrons. The summed E-state index contributed by atoms with van der Waals surface area (Å²) in [7, 11) is 2.12. The van der Waals surface area contributed by atoms with Crippen LogP contribution in [0.1, 0.15) is 37.0 Å². The summed E-state index contributed by atoms with van der Waals surface area (Å²) < 4.78 is 5.62. The fourth-order valence-electron chi connectivity index (χ4n) is 2.40. The van der Waals surface area contributed by atoms with E-state index in [0.717, 1.165) is 31.7 Å². The molecule has 0 bridgehead atoms. The van der Waals surface area contributed by atoms with Crippen LogP contribution >= 0.6 is 0 Å². The van der Waals surface area contributed by atoms with Crippen molar-refractivity contribution < 1.29 is 9.53 Å². The van der Waals surface area contributed by atoms with Crippen LogP contribution in [0.2, 0.25) is 0 Å². The van der Waals surface area contributed by atoms with Gasteiger partial charge in [-0.15, -0.1) is 0 Å². The predicted octanol–water partition coefficient (Wildman–Crippen LogP) is 2.30. The lowest BCUT2D eigenvalue weighted by Gasteiger charge is -2.29. The van der Waals surface area contributed by atoms with E-state index in [1.165, 1.54) is 0 Å². The van der Waals surface area contributed by atoms with Gasteiger partial charge in [-0.1, -0.05) is 6.07 Å².